The highest BCUT2D eigenvalue weighted by Crippen LogP contribution is 2.40. The number of anilines is 3. The molecule has 0 unspecified atom stereocenters. The molecule has 1 atom stereocenters. The van der Waals surface area contributed by atoms with Crippen molar-refractivity contribution in [3.8, 4) is 0 Å². The number of hydrogen-bond acceptors (Lipinski definition) is 5. The van der Waals surface area contributed by atoms with Gasteiger partial charge in [0, 0.05) is 26.3 Å². The van der Waals surface area contributed by atoms with Gasteiger partial charge in [0.05, 0.1) is 16.3 Å². The number of amides is 2. The molecule has 1 saturated heterocycles. The normalized spacial score (nSPS) is 18.4. The maximum Gasteiger partial charge on any atom is 0.250 e. The highest BCUT2D eigenvalue weighted by Gasteiger charge is 2.40. The SMILES string of the molecule is Cc1ccc(NC(=O)CN2C(=O)[C@H]3CCCCN3c3ccc(S(=O)(=O)N(C)C)cc32)cc1. The average Bonchev–Trinajstić information content (AvgIpc) is 2.77. The van der Waals surface area contributed by atoms with Crippen molar-refractivity contribution >= 4 is 38.9 Å². The highest BCUT2D eigenvalue weighted by molar-refractivity contribution is 7.89. The van der Waals surface area contributed by atoms with Crippen LogP contribution in [-0.4, -0.2) is 57.8 Å². The molecule has 0 spiro atoms. The summed E-state index contributed by atoms with van der Waals surface area (Å²) in [5, 5.41) is 2.83. The minimum absolute atomic E-state index is 0.0912. The number of carbonyl (C=O) groups is 2. The monoisotopic (exact) mass is 456 g/mol. The lowest BCUT2D eigenvalue weighted by Gasteiger charge is -2.45. The van der Waals surface area contributed by atoms with Gasteiger partial charge in [-0.3, -0.25) is 14.5 Å². The Morgan fingerprint density at radius 1 is 1.09 bits per heavy atom. The largest absolute Gasteiger partial charge is 0.358 e. The van der Waals surface area contributed by atoms with Crippen LogP contribution in [0.5, 0.6) is 0 Å². The first kappa shape index (κ1) is 22.3. The standard InChI is InChI=1S/C23H28N4O4S/c1-16-7-9-17(10-8-16)24-22(28)15-27-21-14-18(32(30,31)25(2)3)11-12-19(21)26-13-5-4-6-20(26)23(27)29/h7-12,14,20H,4-6,13,15H2,1-3H3,(H,24,28)/t20-/m1/s1. The minimum Gasteiger partial charge on any atom is -0.358 e. The fraction of sp³-hybridized carbons (Fsp3) is 0.391. The molecule has 2 heterocycles. The molecule has 2 aliphatic rings. The first-order chi connectivity index (χ1) is 15.2. The summed E-state index contributed by atoms with van der Waals surface area (Å²) in [6, 6.07) is 11.9. The molecule has 0 bridgehead atoms. The van der Waals surface area contributed by atoms with Gasteiger partial charge in [-0.2, -0.15) is 0 Å². The molecule has 0 radical (unpaired) electrons. The number of hydrogen-bond donors (Lipinski definition) is 1. The molecule has 170 valence electrons. The number of carbonyl (C=O) groups excluding carboxylic acids is 2. The first-order valence-corrected chi connectivity index (χ1v) is 12.1. The third-order valence-corrected chi connectivity index (χ3v) is 7.83. The van der Waals surface area contributed by atoms with Gasteiger partial charge in [0.15, 0.2) is 0 Å². The van der Waals surface area contributed by atoms with Gasteiger partial charge in [-0.05, 0) is 56.5 Å². The van der Waals surface area contributed by atoms with E-state index in [4.69, 9.17) is 0 Å². The summed E-state index contributed by atoms with van der Waals surface area (Å²) < 4.78 is 26.6. The van der Waals surface area contributed by atoms with Gasteiger partial charge >= 0.3 is 0 Å². The summed E-state index contributed by atoms with van der Waals surface area (Å²) in [6.07, 6.45) is 2.62. The highest BCUT2D eigenvalue weighted by atomic mass is 32.2. The van der Waals surface area contributed by atoms with Crippen LogP contribution >= 0.6 is 0 Å². The van der Waals surface area contributed by atoms with Gasteiger partial charge in [-0.15, -0.1) is 0 Å². The number of nitrogens with zero attached hydrogens (tertiary/aromatic N) is 3. The lowest BCUT2D eigenvalue weighted by Crippen LogP contribution is -2.56. The molecular weight excluding hydrogens is 428 g/mol. The van der Waals surface area contributed by atoms with E-state index in [1.807, 2.05) is 36.1 Å². The second kappa shape index (κ2) is 8.55. The zero-order valence-electron chi connectivity index (χ0n) is 18.5. The third-order valence-electron chi connectivity index (χ3n) is 6.02. The van der Waals surface area contributed by atoms with E-state index in [0.29, 0.717) is 17.8 Å². The van der Waals surface area contributed by atoms with E-state index in [1.165, 1.54) is 25.1 Å². The number of piperidine rings is 1. The number of nitrogens with one attached hydrogen (secondary N) is 1. The van der Waals surface area contributed by atoms with E-state index in [-0.39, 0.29) is 29.3 Å². The lowest BCUT2D eigenvalue weighted by molar-refractivity contribution is -0.123. The second-order valence-corrected chi connectivity index (χ2v) is 10.6. The van der Waals surface area contributed by atoms with Crippen molar-refractivity contribution in [1.29, 1.82) is 0 Å². The molecule has 0 aromatic heterocycles. The Morgan fingerprint density at radius 3 is 2.50 bits per heavy atom. The third kappa shape index (κ3) is 4.10. The van der Waals surface area contributed by atoms with Crippen molar-refractivity contribution < 1.29 is 18.0 Å². The van der Waals surface area contributed by atoms with Crippen molar-refractivity contribution in [3.05, 3.63) is 48.0 Å². The van der Waals surface area contributed by atoms with Crippen LogP contribution in [-0.2, 0) is 19.6 Å². The molecule has 0 saturated carbocycles. The predicted octanol–water partition coefficient (Wildman–Crippen LogP) is 2.59. The summed E-state index contributed by atoms with van der Waals surface area (Å²) in [4.78, 5) is 29.8. The molecule has 8 nitrogen and oxygen atoms in total. The Balaban J connectivity index is 1.70. The second-order valence-electron chi connectivity index (χ2n) is 8.48. The molecule has 2 amide bonds. The Bertz CT molecular complexity index is 1150. The van der Waals surface area contributed by atoms with Crippen LogP contribution in [0.3, 0.4) is 0 Å². The van der Waals surface area contributed by atoms with Crippen molar-refractivity contribution in [3.63, 3.8) is 0 Å². The van der Waals surface area contributed by atoms with E-state index in [1.54, 1.807) is 12.1 Å². The van der Waals surface area contributed by atoms with Gasteiger partial charge in [-0.25, -0.2) is 12.7 Å². The smallest absolute Gasteiger partial charge is 0.250 e. The maximum atomic E-state index is 13.4. The first-order valence-electron chi connectivity index (χ1n) is 10.7. The molecule has 1 N–H and O–H groups in total. The van der Waals surface area contributed by atoms with Crippen molar-refractivity contribution in [1.82, 2.24) is 4.31 Å². The van der Waals surface area contributed by atoms with Crippen LogP contribution in [0.1, 0.15) is 24.8 Å². The molecular formula is C23H28N4O4S. The Labute approximate surface area is 188 Å². The van der Waals surface area contributed by atoms with E-state index < -0.39 is 10.0 Å². The van der Waals surface area contributed by atoms with Crippen molar-refractivity contribution in [2.75, 3.05) is 42.3 Å². The van der Waals surface area contributed by atoms with Crippen LogP contribution in [0, 0.1) is 6.92 Å². The molecule has 2 aromatic rings. The zero-order valence-corrected chi connectivity index (χ0v) is 19.4. The summed E-state index contributed by atoms with van der Waals surface area (Å²) in [5.41, 5.74) is 2.97. The summed E-state index contributed by atoms with van der Waals surface area (Å²) in [5.74, 6) is -0.506. The quantitative estimate of drug-likeness (QED) is 0.747. The van der Waals surface area contributed by atoms with E-state index in [9.17, 15) is 18.0 Å². The van der Waals surface area contributed by atoms with Crippen LogP contribution in [0.4, 0.5) is 17.1 Å². The average molecular weight is 457 g/mol. The topological polar surface area (TPSA) is 90.0 Å². The van der Waals surface area contributed by atoms with Gasteiger partial charge in [0.2, 0.25) is 21.8 Å². The number of aryl methyl sites for hydroxylation is 1. The van der Waals surface area contributed by atoms with Gasteiger partial charge in [0.25, 0.3) is 0 Å². The molecule has 4 rings (SSSR count). The Hall–Kier alpha value is -2.91. The predicted molar refractivity (Wildman–Crippen MR) is 124 cm³/mol. The summed E-state index contributed by atoms with van der Waals surface area (Å²) >= 11 is 0. The Kier molecular flexibility index (Phi) is 5.96. The number of sulfonamides is 1. The van der Waals surface area contributed by atoms with Crippen LogP contribution in [0.2, 0.25) is 0 Å². The zero-order chi connectivity index (χ0) is 23.0. The van der Waals surface area contributed by atoms with Crippen molar-refractivity contribution in [2.45, 2.75) is 37.1 Å². The van der Waals surface area contributed by atoms with E-state index >= 15 is 0 Å². The van der Waals surface area contributed by atoms with E-state index in [2.05, 4.69) is 5.32 Å². The van der Waals surface area contributed by atoms with E-state index in [0.717, 1.165) is 34.9 Å². The van der Waals surface area contributed by atoms with Gasteiger partial charge in [0.1, 0.15) is 12.6 Å². The summed E-state index contributed by atoms with van der Waals surface area (Å²) in [7, 11) is -0.754. The molecule has 32 heavy (non-hydrogen) atoms. The summed E-state index contributed by atoms with van der Waals surface area (Å²) in [6.45, 7) is 2.51. The molecule has 2 aromatic carbocycles. The number of rotatable bonds is 5. The van der Waals surface area contributed by atoms with Gasteiger partial charge in [-0.1, -0.05) is 17.7 Å². The van der Waals surface area contributed by atoms with Crippen molar-refractivity contribution in [2.24, 2.45) is 0 Å². The van der Waals surface area contributed by atoms with Crippen LogP contribution < -0.4 is 15.1 Å². The molecule has 2 aliphatic heterocycles. The fourth-order valence-corrected chi connectivity index (χ4v) is 5.18. The molecule has 1 fully saturated rings. The molecule has 0 aliphatic carbocycles. The fourth-order valence-electron chi connectivity index (χ4n) is 4.25. The number of fused-ring (bicyclic) bond motifs is 3. The van der Waals surface area contributed by atoms with Crippen LogP contribution in [0.15, 0.2) is 47.4 Å². The molecule has 9 heteroatoms. The number of benzene rings is 2. The lowest BCUT2D eigenvalue weighted by atomic mass is 9.96. The van der Waals surface area contributed by atoms with Gasteiger partial charge < -0.3 is 10.2 Å². The Morgan fingerprint density at radius 2 is 1.81 bits per heavy atom. The van der Waals surface area contributed by atoms with Crippen LogP contribution in [0.25, 0.3) is 0 Å². The maximum absolute atomic E-state index is 13.4. The minimum atomic E-state index is -3.69.